The molecule has 1 aliphatic heterocycles. The van der Waals surface area contributed by atoms with Crippen LogP contribution in [-0.4, -0.2) is 26.8 Å². The zero-order valence-electron chi connectivity index (χ0n) is 18.8. The van der Waals surface area contributed by atoms with Gasteiger partial charge in [0, 0.05) is 5.39 Å². The third-order valence-electron chi connectivity index (χ3n) is 5.26. The molecule has 3 aromatic carbocycles. The van der Waals surface area contributed by atoms with E-state index in [0.717, 1.165) is 22.7 Å². The first-order valence-corrected chi connectivity index (χ1v) is 12.4. The second-order valence-corrected chi connectivity index (χ2v) is 9.56. The molecule has 0 aliphatic carbocycles. The molecule has 1 saturated heterocycles. The number of carbonyl (C=O) groups excluding carboxylic acids is 1. The van der Waals surface area contributed by atoms with Gasteiger partial charge in [0.25, 0.3) is 11.8 Å². The van der Waals surface area contributed by atoms with Gasteiger partial charge in [-0.15, -0.1) is 0 Å². The molecule has 180 valence electrons. The van der Waals surface area contributed by atoms with Gasteiger partial charge in [-0.3, -0.25) is 9.69 Å². The molecule has 0 unspecified atom stereocenters. The van der Waals surface area contributed by atoms with E-state index in [9.17, 15) is 9.18 Å². The van der Waals surface area contributed by atoms with E-state index in [-0.39, 0.29) is 22.8 Å². The van der Waals surface area contributed by atoms with Crippen LogP contribution in [0.4, 0.5) is 10.1 Å². The van der Waals surface area contributed by atoms with Crippen molar-refractivity contribution < 1.29 is 18.7 Å². The van der Waals surface area contributed by atoms with Crippen LogP contribution >= 0.6 is 35.6 Å². The molecule has 6 nitrogen and oxygen atoms in total. The number of carbonyl (C=O) groups is 1. The van der Waals surface area contributed by atoms with E-state index in [1.165, 1.54) is 11.8 Å². The maximum Gasteiger partial charge on any atom is 0.270 e. The molecule has 1 aromatic heterocycles. The first kappa shape index (κ1) is 24.2. The lowest BCUT2D eigenvalue weighted by molar-refractivity contribution is -0.113. The Kier molecular flexibility index (Phi) is 6.86. The predicted molar refractivity (Wildman–Crippen MR) is 144 cm³/mol. The van der Waals surface area contributed by atoms with E-state index in [1.807, 2.05) is 49.4 Å². The number of benzene rings is 3. The minimum atomic E-state index is -0.761. The monoisotopic (exact) mass is 537 g/mol. The van der Waals surface area contributed by atoms with Crippen LogP contribution in [0.15, 0.2) is 71.8 Å². The Morgan fingerprint density at radius 3 is 2.78 bits per heavy atom. The number of nitrogens with zero attached hydrogens (tertiary/aromatic N) is 3. The topological polar surface area (TPSA) is 64.5 Å². The molecule has 0 N–H and O–H groups in total. The number of fused-ring (bicyclic) bond motifs is 1. The number of aromatic nitrogens is 2. The van der Waals surface area contributed by atoms with Crippen LogP contribution in [0.2, 0.25) is 5.28 Å². The average molecular weight is 538 g/mol. The quantitative estimate of drug-likeness (QED) is 0.149. The molecular formula is C26H17ClFN3O3S2. The number of thiocarbonyl (C=S) groups is 1. The van der Waals surface area contributed by atoms with Crippen LogP contribution in [-0.2, 0) is 4.79 Å². The second-order valence-electron chi connectivity index (χ2n) is 7.55. The van der Waals surface area contributed by atoms with Crippen molar-refractivity contribution >= 4 is 68.3 Å². The Morgan fingerprint density at radius 2 is 1.94 bits per heavy atom. The van der Waals surface area contributed by atoms with Crippen LogP contribution < -0.4 is 14.4 Å². The Morgan fingerprint density at radius 1 is 1.14 bits per heavy atom. The highest BCUT2D eigenvalue weighted by Crippen LogP contribution is 2.40. The third-order valence-corrected chi connectivity index (χ3v) is 6.74. The summed E-state index contributed by atoms with van der Waals surface area (Å²) in [5.41, 5.74) is 1.42. The normalized spacial score (nSPS) is 14.6. The molecule has 0 atom stereocenters. The maximum absolute atomic E-state index is 14.1. The van der Waals surface area contributed by atoms with E-state index >= 15 is 0 Å². The molecule has 1 fully saturated rings. The fraction of sp³-hybridized carbons (Fsp3) is 0.0769. The number of rotatable bonds is 6. The van der Waals surface area contributed by atoms with Gasteiger partial charge in [-0.2, -0.15) is 9.37 Å². The summed E-state index contributed by atoms with van der Waals surface area (Å²) in [5.74, 6) is -0.698. The SMILES string of the molecule is CCOc1cc(/C=C2\SC(=S)N(c3cccc4ccccc34)C2=O)ccc1Oc1nc(Cl)ncc1F. The summed E-state index contributed by atoms with van der Waals surface area (Å²) >= 11 is 12.6. The minimum Gasteiger partial charge on any atom is -0.490 e. The number of thioether (sulfide) groups is 1. The molecule has 0 bridgehead atoms. The number of halogens is 2. The van der Waals surface area contributed by atoms with E-state index in [4.69, 9.17) is 33.3 Å². The summed E-state index contributed by atoms with van der Waals surface area (Å²) in [6, 6.07) is 18.7. The summed E-state index contributed by atoms with van der Waals surface area (Å²) in [6.07, 6.45) is 2.66. The molecule has 4 aromatic rings. The molecule has 1 amide bonds. The largest absolute Gasteiger partial charge is 0.490 e. The molecule has 0 radical (unpaired) electrons. The van der Waals surface area contributed by atoms with Crippen LogP contribution in [0.3, 0.4) is 0 Å². The highest BCUT2D eigenvalue weighted by molar-refractivity contribution is 8.27. The van der Waals surface area contributed by atoms with Crippen LogP contribution in [0.1, 0.15) is 12.5 Å². The van der Waals surface area contributed by atoms with E-state index < -0.39 is 5.82 Å². The van der Waals surface area contributed by atoms with Gasteiger partial charge in [-0.1, -0.05) is 66.4 Å². The Labute approximate surface area is 220 Å². The molecular weight excluding hydrogens is 521 g/mol. The smallest absolute Gasteiger partial charge is 0.270 e. The zero-order chi connectivity index (χ0) is 25.2. The summed E-state index contributed by atoms with van der Waals surface area (Å²) < 4.78 is 25.8. The molecule has 0 spiro atoms. The molecule has 0 saturated carbocycles. The van der Waals surface area contributed by atoms with Gasteiger partial charge in [0.1, 0.15) is 0 Å². The molecule has 2 heterocycles. The van der Waals surface area contributed by atoms with Crippen LogP contribution in [0, 0.1) is 5.82 Å². The van der Waals surface area contributed by atoms with E-state index in [0.29, 0.717) is 27.1 Å². The van der Waals surface area contributed by atoms with Gasteiger partial charge in [-0.25, -0.2) is 4.98 Å². The molecule has 5 rings (SSSR count). The summed E-state index contributed by atoms with van der Waals surface area (Å²) in [7, 11) is 0. The maximum atomic E-state index is 14.1. The number of amides is 1. The van der Waals surface area contributed by atoms with Crippen molar-refractivity contribution in [2.45, 2.75) is 6.92 Å². The lowest BCUT2D eigenvalue weighted by atomic mass is 10.1. The van der Waals surface area contributed by atoms with Gasteiger partial charge >= 0.3 is 0 Å². The number of anilines is 1. The zero-order valence-corrected chi connectivity index (χ0v) is 21.2. The first-order chi connectivity index (χ1) is 17.4. The molecule has 36 heavy (non-hydrogen) atoms. The van der Waals surface area contributed by atoms with Gasteiger partial charge in [0.15, 0.2) is 15.8 Å². The summed E-state index contributed by atoms with van der Waals surface area (Å²) in [4.78, 5) is 22.8. The van der Waals surface area contributed by atoms with Crippen LogP contribution in [0.25, 0.3) is 16.8 Å². The standard InChI is InChI=1S/C26H17ClFN3O3S2/c1-2-33-21-12-15(10-11-20(21)34-23-18(28)14-29-25(27)30-23)13-22-24(32)31(26(35)36-22)19-9-5-7-16-6-3-4-8-17(16)19/h3-14H,2H2,1H3/b22-13-. The molecule has 10 heteroatoms. The van der Waals surface area contributed by atoms with Crippen molar-refractivity contribution in [3.63, 3.8) is 0 Å². The van der Waals surface area contributed by atoms with Gasteiger partial charge < -0.3 is 9.47 Å². The van der Waals surface area contributed by atoms with E-state index in [2.05, 4.69) is 9.97 Å². The third kappa shape index (κ3) is 4.77. The summed E-state index contributed by atoms with van der Waals surface area (Å²) in [6.45, 7) is 2.16. The highest BCUT2D eigenvalue weighted by Gasteiger charge is 2.34. The molecule has 1 aliphatic rings. The second kappa shape index (κ2) is 10.2. The Hall–Kier alpha value is -3.53. The number of hydrogen-bond acceptors (Lipinski definition) is 7. The Bertz CT molecular complexity index is 1540. The fourth-order valence-electron chi connectivity index (χ4n) is 3.70. The van der Waals surface area contributed by atoms with Gasteiger partial charge in [0.05, 0.1) is 23.4 Å². The predicted octanol–water partition coefficient (Wildman–Crippen LogP) is 7.02. The van der Waals surface area contributed by atoms with Crippen molar-refractivity contribution in [3.05, 3.63) is 88.4 Å². The average Bonchev–Trinajstić information content (AvgIpc) is 3.15. The van der Waals surface area contributed by atoms with Crippen molar-refractivity contribution in [2.75, 3.05) is 11.5 Å². The van der Waals surface area contributed by atoms with Gasteiger partial charge in [0.2, 0.25) is 11.1 Å². The summed E-state index contributed by atoms with van der Waals surface area (Å²) in [5, 5.41) is 1.82. The van der Waals surface area contributed by atoms with Crippen molar-refractivity contribution in [1.29, 1.82) is 0 Å². The number of ether oxygens (including phenoxy) is 2. The lowest BCUT2D eigenvalue weighted by Crippen LogP contribution is -2.27. The lowest BCUT2D eigenvalue weighted by Gasteiger charge is -2.17. The minimum absolute atomic E-state index is 0.144. The van der Waals surface area contributed by atoms with Crippen molar-refractivity contribution in [3.8, 4) is 17.4 Å². The van der Waals surface area contributed by atoms with Gasteiger partial charge in [-0.05, 0) is 53.7 Å². The highest BCUT2D eigenvalue weighted by atomic mass is 35.5. The first-order valence-electron chi connectivity index (χ1n) is 10.8. The Balaban J connectivity index is 1.46. The van der Waals surface area contributed by atoms with Crippen molar-refractivity contribution in [2.24, 2.45) is 0 Å². The van der Waals surface area contributed by atoms with Crippen LogP contribution in [0.5, 0.6) is 17.4 Å². The number of hydrogen-bond donors (Lipinski definition) is 0. The fourth-order valence-corrected chi connectivity index (χ4v) is 5.11. The van der Waals surface area contributed by atoms with Crippen molar-refractivity contribution in [1.82, 2.24) is 9.97 Å². The van der Waals surface area contributed by atoms with E-state index in [1.54, 1.807) is 29.2 Å².